The van der Waals surface area contributed by atoms with Gasteiger partial charge in [0.15, 0.2) is 0 Å². The summed E-state index contributed by atoms with van der Waals surface area (Å²) in [5, 5.41) is 26.6. The summed E-state index contributed by atoms with van der Waals surface area (Å²) in [6.07, 6.45) is 7.95. The van der Waals surface area contributed by atoms with Gasteiger partial charge in [0.05, 0.1) is 24.1 Å². The molecule has 2 aliphatic carbocycles. The number of ether oxygens (including phenoxy) is 4. The van der Waals surface area contributed by atoms with Crippen molar-refractivity contribution in [2.75, 3.05) is 39.4 Å². The number of aliphatic hydroxyl groups is 2. The van der Waals surface area contributed by atoms with Gasteiger partial charge < -0.3 is 34.0 Å². The maximum absolute atomic E-state index is 14.4. The zero-order chi connectivity index (χ0) is 42.1. The van der Waals surface area contributed by atoms with Crippen LogP contribution in [0.5, 0.6) is 17.2 Å². The Kier molecular flexibility index (Phi) is 14.4. The molecule has 0 radical (unpaired) electrons. The number of amides is 1. The molecule has 12 heteroatoms. The molecule has 2 N–H and O–H groups in total. The van der Waals surface area contributed by atoms with Crippen LogP contribution in [0.4, 0.5) is 9.18 Å². The molecule has 10 nitrogen and oxygen atoms in total. The number of aliphatic hydroxyl groups excluding tert-OH is 2. The van der Waals surface area contributed by atoms with E-state index in [1.165, 1.54) is 19.2 Å². The molecule has 1 heterocycles. The number of hydrogen-bond acceptors (Lipinski definition) is 9. The van der Waals surface area contributed by atoms with Gasteiger partial charge in [0.2, 0.25) is 5.79 Å². The van der Waals surface area contributed by atoms with Crippen molar-refractivity contribution in [2.24, 2.45) is 22.9 Å². The maximum Gasteiger partial charge on any atom is 0.410 e. The lowest BCUT2D eigenvalue weighted by Gasteiger charge is -2.59. The number of hydrogen-bond donors (Lipinski definition) is 2. The number of rotatable bonds is 19. The SMILES string of the molecule is C=CCOC12Oc3ccc(Oc4ccc5ccccc5c4)cc3C3C(CCCCO)C(CCCCO)C=C(C(=NOC)CC1N(Cc1ccc(F)cc1)C(=O)OCCCl)C32. The predicted octanol–water partition coefficient (Wildman–Crippen LogP) is 9.91. The minimum absolute atomic E-state index is 0.0190. The fourth-order valence-corrected chi connectivity index (χ4v) is 9.56. The van der Waals surface area contributed by atoms with Gasteiger partial charge in [0.25, 0.3) is 0 Å². The molecule has 1 amide bonds. The number of unbranched alkanes of at least 4 members (excludes halogenated alkanes) is 2. The van der Waals surface area contributed by atoms with Crippen LogP contribution in [0.1, 0.15) is 62.0 Å². The minimum Gasteiger partial charge on any atom is -0.459 e. The summed E-state index contributed by atoms with van der Waals surface area (Å²) >= 11 is 6.04. The molecule has 1 saturated carbocycles. The quantitative estimate of drug-likeness (QED) is 0.0415. The average Bonchev–Trinajstić information content (AvgIpc) is 3.26. The Bertz CT molecular complexity index is 2160. The predicted molar refractivity (Wildman–Crippen MR) is 230 cm³/mol. The second kappa shape index (κ2) is 20.1. The molecule has 0 spiro atoms. The van der Waals surface area contributed by atoms with Gasteiger partial charge in [-0.1, -0.05) is 72.6 Å². The zero-order valence-electron chi connectivity index (χ0n) is 34.0. The van der Waals surface area contributed by atoms with Crippen LogP contribution in [0.3, 0.4) is 0 Å². The van der Waals surface area contributed by atoms with Crippen molar-refractivity contribution >= 4 is 34.2 Å². The third-order valence-corrected chi connectivity index (χ3v) is 12.1. The molecular formula is C48H54ClFN2O8. The summed E-state index contributed by atoms with van der Waals surface area (Å²) < 4.78 is 40.8. The Morgan fingerprint density at radius 1 is 0.983 bits per heavy atom. The second-order valence-electron chi connectivity index (χ2n) is 15.6. The van der Waals surface area contributed by atoms with Crippen molar-refractivity contribution in [3.63, 3.8) is 0 Å². The highest BCUT2D eigenvalue weighted by Crippen LogP contribution is 2.62. The van der Waals surface area contributed by atoms with Crippen LogP contribution >= 0.6 is 11.6 Å². The molecule has 1 aliphatic heterocycles. The number of carbonyl (C=O) groups excluding carboxylic acids is 1. The number of carbonyl (C=O) groups is 1. The largest absolute Gasteiger partial charge is 0.459 e. The van der Waals surface area contributed by atoms with E-state index in [2.05, 4.69) is 36.0 Å². The van der Waals surface area contributed by atoms with Crippen LogP contribution in [0, 0.1) is 23.6 Å². The van der Waals surface area contributed by atoms with Crippen LogP contribution in [-0.2, 0) is 20.9 Å². The molecule has 4 aromatic carbocycles. The zero-order valence-corrected chi connectivity index (χ0v) is 34.8. The van der Waals surface area contributed by atoms with Crippen molar-refractivity contribution in [1.82, 2.24) is 4.90 Å². The molecule has 3 aliphatic rings. The molecule has 6 unspecified atom stereocenters. The van der Waals surface area contributed by atoms with Crippen LogP contribution in [0.25, 0.3) is 10.8 Å². The van der Waals surface area contributed by atoms with Gasteiger partial charge in [-0.3, -0.25) is 4.90 Å². The summed E-state index contributed by atoms with van der Waals surface area (Å²) in [5.41, 5.74) is 3.13. The number of benzene rings is 4. The van der Waals surface area contributed by atoms with E-state index in [1.807, 2.05) is 42.5 Å². The number of fused-ring (bicyclic) bond motifs is 3. The number of allylic oxidation sites excluding steroid dienone is 1. The molecule has 0 saturated heterocycles. The first-order valence-corrected chi connectivity index (χ1v) is 21.4. The van der Waals surface area contributed by atoms with Gasteiger partial charge in [0, 0.05) is 37.7 Å². The van der Waals surface area contributed by atoms with Crippen LogP contribution < -0.4 is 9.47 Å². The first kappa shape index (κ1) is 43.2. The number of alkyl halides is 1. The van der Waals surface area contributed by atoms with Crippen molar-refractivity contribution in [3.05, 3.63) is 126 Å². The highest BCUT2D eigenvalue weighted by molar-refractivity contribution is 6.18. The molecule has 7 rings (SSSR count). The van der Waals surface area contributed by atoms with E-state index in [1.54, 1.807) is 23.1 Å². The standard InChI is InChI=1S/C48H54ClFN2O8/c1-3-25-58-48-44(52(47(55)57-26-22-49)31-32-14-17-36(50)18-15-32)30-42(51-56-2)40-28-35(12-6-8-23-53)39(13-7-9-24-54)45(46(40)48)41-29-38(20-21-43(41)60-48)59-37-19-16-33-10-4-5-11-34(33)27-37/h3-5,10-11,14-21,27-29,35,39,44-46,53-54H,1,6-9,12-13,22-26,30-31H2,2H3. The molecule has 318 valence electrons. The van der Waals surface area contributed by atoms with E-state index in [9.17, 15) is 19.4 Å². The van der Waals surface area contributed by atoms with Gasteiger partial charge in [-0.2, -0.15) is 0 Å². The highest BCUT2D eigenvalue weighted by atomic mass is 35.5. The van der Waals surface area contributed by atoms with Crippen LogP contribution in [0.2, 0.25) is 0 Å². The van der Waals surface area contributed by atoms with E-state index in [-0.39, 0.29) is 63.0 Å². The fourth-order valence-electron chi connectivity index (χ4n) is 9.49. The monoisotopic (exact) mass is 840 g/mol. The smallest absolute Gasteiger partial charge is 0.410 e. The molecule has 6 atom stereocenters. The molecule has 60 heavy (non-hydrogen) atoms. The summed E-state index contributed by atoms with van der Waals surface area (Å²) in [5.74, 6) is -0.608. The Morgan fingerprint density at radius 2 is 1.72 bits per heavy atom. The highest BCUT2D eigenvalue weighted by Gasteiger charge is 2.65. The van der Waals surface area contributed by atoms with Crippen molar-refractivity contribution in [1.29, 1.82) is 0 Å². The number of oxime groups is 1. The lowest BCUT2D eigenvalue weighted by molar-refractivity contribution is -0.256. The normalized spacial score (nSPS) is 23.5. The minimum atomic E-state index is -1.50. The Balaban J connectivity index is 1.43. The second-order valence-corrected chi connectivity index (χ2v) is 16.0. The van der Waals surface area contributed by atoms with E-state index >= 15 is 0 Å². The third-order valence-electron chi connectivity index (χ3n) is 12.0. The average molecular weight is 841 g/mol. The van der Waals surface area contributed by atoms with Crippen LogP contribution in [0.15, 0.2) is 114 Å². The lowest BCUT2D eigenvalue weighted by Crippen LogP contribution is -2.70. The number of nitrogens with zero attached hydrogens (tertiary/aromatic N) is 2. The summed E-state index contributed by atoms with van der Waals surface area (Å²) in [7, 11) is 1.50. The molecular weight excluding hydrogens is 787 g/mol. The molecule has 0 aromatic heterocycles. The van der Waals surface area contributed by atoms with Crippen molar-refractivity contribution in [3.8, 4) is 17.2 Å². The Labute approximate surface area is 356 Å². The maximum atomic E-state index is 14.4. The molecule has 0 bridgehead atoms. The van der Waals surface area contributed by atoms with Gasteiger partial charge in [0.1, 0.15) is 42.8 Å². The fraction of sp³-hybridized carbons (Fsp3) is 0.417. The van der Waals surface area contributed by atoms with E-state index in [4.69, 9.17) is 35.4 Å². The Hall–Kier alpha value is -4.94. The van der Waals surface area contributed by atoms with Gasteiger partial charge >= 0.3 is 6.09 Å². The first-order chi connectivity index (χ1) is 29.3. The van der Waals surface area contributed by atoms with E-state index < -0.39 is 29.7 Å². The van der Waals surface area contributed by atoms with Gasteiger partial charge in [-0.15, -0.1) is 18.2 Å². The first-order valence-electron chi connectivity index (χ1n) is 20.9. The third kappa shape index (κ3) is 9.19. The number of halogens is 2. The van der Waals surface area contributed by atoms with Crippen LogP contribution in [-0.4, -0.2) is 78.2 Å². The molecule has 4 aromatic rings. The van der Waals surface area contributed by atoms with Gasteiger partial charge in [-0.25, -0.2) is 9.18 Å². The Morgan fingerprint density at radius 3 is 2.45 bits per heavy atom. The molecule has 1 fully saturated rings. The topological polar surface area (TPSA) is 119 Å². The van der Waals surface area contributed by atoms with Gasteiger partial charge in [-0.05, 0) is 102 Å². The summed E-state index contributed by atoms with van der Waals surface area (Å²) in [6.45, 7) is 4.27. The lowest BCUT2D eigenvalue weighted by atomic mass is 9.55. The van der Waals surface area contributed by atoms with Crippen molar-refractivity contribution < 1.29 is 43.2 Å². The van der Waals surface area contributed by atoms with E-state index in [0.29, 0.717) is 41.4 Å². The summed E-state index contributed by atoms with van der Waals surface area (Å²) in [4.78, 5) is 21.5. The van der Waals surface area contributed by atoms with Crippen molar-refractivity contribution in [2.45, 2.75) is 69.2 Å². The summed E-state index contributed by atoms with van der Waals surface area (Å²) in [6, 6.07) is 25.2. The van der Waals surface area contributed by atoms with E-state index in [0.717, 1.165) is 47.6 Å².